The number of carbonyl (C=O) groups is 3. The number of likely N-dealkylation sites (N-methyl/N-ethyl adjacent to an activating group) is 3. The van der Waals surface area contributed by atoms with Gasteiger partial charge in [-0.15, -0.1) is 0 Å². The van der Waals surface area contributed by atoms with Crippen molar-refractivity contribution in [2.75, 3.05) is 28.2 Å². The molecule has 2 N–H and O–H groups in total. The summed E-state index contributed by atoms with van der Waals surface area (Å²) in [6.45, 7) is 4.11. The molecule has 0 unspecified atom stereocenters. The Morgan fingerprint density at radius 1 is 0.800 bits per heavy atom. The van der Waals surface area contributed by atoms with Gasteiger partial charge in [0.25, 0.3) is 0 Å². The van der Waals surface area contributed by atoms with Gasteiger partial charge >= 0.3 is 0 Å². The summed E-state index contributed by atoms with van der Waals surface area (Å²) in [5.41, 5.74) is 1.72. The van der Waals surface area contributed by atoms with E-state index in [1.165, 1.54) is 15.9 Å². The van der Waals surface area contributed by atoms with E-state index in [2.05, 4.69) is 30.5 Å². The predicted octanol–water partition coefficient (Wildman–Crippen LogP) is 3.97. The first-order chi connectivity index (χ1) is 19.1. The van der Waals surface area contributed by atoms with Gasteiger partial charge in [-0.1, -0.05) is 78.9 Å². The number of fused-ring (bicyclic) bond motifs is 1. The van der Waals surface area contributed by atoms with Crippen LogP contribution in [0, 0.1) is 0 Å². The number of carbonyl (C=O) groups excluding carboxylic acids is 3. The third kappa shape index (κ3) is 8.02. The molecule has 0 fully saturated rings. The van der Waals surface area contributed by atoms with E-state index in [1.54, 1.807) is 21.1 Å². The number of hydrogen-bond acceptors (Lipinski definition) is 4. The summed E-state index contributed by atoms with van der Waals surface area (Å²) in [6, 6.07) is 22.2. The van der Waals surface area contributed by atoms with Crippen LogP contribution in [0.4, 0.5) is 0 Å². The van der Waals surface area contributed by atoms with Gasteiger partial charge in [-0.25, -0.2) is 0 Å². The maximum atomic E-state index is 14.1. The van der Waals surface area contributed by atoms with Gasteiger partial charge in [0.05, 0.1) is 0 Å². The Kier molecular flexibility index (Phi) is 10.6. The van der Waals surface area contributed by atoms with Crippen molar-refractivity contribution in [2.45, 2.75) is 50.7 Å². The summed E-state index contributed by atoms with van der Waals surface area (Å²) >= 11 is 0. The van der Waals surface area contributed by atoms with E-state index >= 15 is 0 Å². The summed E-state index contributed by atoms with van der Waals surface area (Å²) in [5.74, 6) is -0.816. The quantitative estimate of drug-likeness (QED) is 0.340. The lowest BCUT2D eigenvalue weighted by molar-refractivity contribution is -0.146. The van der Waals surface area contributed by atoms with Crippen molar-refractivity contribution >= 4 is 28.5 Å². The highest BCUT2D eigenvalue weighted by molar-refractivity contribution is 5.95. The highest BCUT2D eigenvalue weighted by Gasteiger charge is 2.34. The van der Waals surface area contributed by atoms with Crippen molar-refractivity contribution in [1.29, 1.82) is 0 Å². The lowest BCUT2D eigenvalue weighted by Crippen LogP contribution is -2.55. The van der Waals surface area contributed by atoms with Crippen LogP contribution in [0.2, 0.25) is 0 Å². The lowest BCUT2D eigenvalue weighted by atomic mass is 9.98. The Balaban J connectivity index is 1.92. The first-order valence-corrected chi connectivity index (χ1v) is 13.7. The molecule has 7 heteroatoms. The molecule has 0 aromatic heterocycles. The molecule has 3 amide bonds. The molecule has 3 rings (SSSR count). The molecule has 0 radical (unpaired) electrons. The zero-order chi connectivity index (χ0) is 29.3. The van der Waals surface area contributed by atoms with E-state index in [9.17, 15) is 14.4 Å². The number of amides is 3. The summed E-state index contributed by atoms with van der Waals surface area (Å²) in [7, 11) is 6.74. The minimum atomic E-state index is -0.802. The van der Waals surface area contributed by atoms with Gasteiger partial charge in [0.2, 0.25) is 17.7 Å². The molecule has 0 aliphatic heterocycles. The molecule has 0 heterocycles. The monoisotopic (exact) mass is 542 g/mol. The van der Waals surface area contributed by atoms with E-state index in [0.29, 0.717) is 19.3 Å². The van der Waals surface area contributed by atoms with Crippen LogP contribution in [0.25, 0.3) is 10.8 Å². The fraction of sp³-hybridized carbons (Fsp3) is 0.364. The van der Waals surface area contributed by atoms with Gasteiger partial charge in [-0.2, -0.15) is 0 Å². The number of hydrogen-bond donors (Lipinski definition) is 2. The van der Waals surface area contributed by atoms with Crippen molar-refractivity contribution in [2.24, 2.45) is 0 Å². The summed E-state index contributed by atoms with van der Waals surface area (Å²) in [4.78, 5) is 43.3. The molecule has 40 heavy (non-hydrogen) atoms. The topological polar surface area (TPSA) is 81.8 Å². The van der Waals surface area contributed by atoms with Crippen molar-refractivity contribution in [3.63, 3.8) is 0 Å². The van der Waals surface area contributed by atoms with Gasteiger partial charge in [0.1, 0.15) is 12.1 Å². The maximum Gasteiger partial charge on any atom is 0.246 e. The Bertz CT molecular complexity index is 1340. The van der Waals surface area contributed by atoms with Crippen LogP contribution >= 0.6 is 0 Å². The minimum Gasteiger partial charge on any atom is -0.357 e. The summed E-state index contributed by atoms with van der Waals surface area (Å²) < 4.78 is 0. The van der Waals surface area contributed by atoms with E-state index in [0.717, 1.165) is 21.9 Å². The smallest absolute Gasteiger partial charge is 0.246 e. The zero-order valence-corrected chi connectivity index (χ0v) is 24.5. The summed E-state index contributed by atoms with van der Waals surface area (Å²) in [5, 5.41) is 8.09. The predicted molar refractivity (Wildman–Crippen MR) is 162 cm³/mol. The van der Waals surface area contributed by atoms with E-state index in [1.807, 2.05) is 79.9 Å². The fourth-order valence-corrected chi connectivity index (χ4v) is 4.60. The van der Waals surface area contributed by atoms with Crippen molar-refractivity contribution < 1.29 is 14.4 Å². The first kappa shape index (κ1) is 30.6. The average molecular weight is 543 g/mol. The SMILES string of the molecule is CNC(=O)[C@@H](Cc1ccccc1)N(C)C(=O)[C@@H](Cc1ccc2ccccc2c1)N(C)C(=O)C=CCC(C)(C)NC. The van der Waals surface area contributed by atoms with Gasteiger partial charge in [0, 0.05) is 39.5 Å². The Morgan fingerprint density at radius 3 is 2.08 bits per heavy atom. The van der Waals surface area contributed by atoms with Gasteiger partial charge in [-0.05, 0) is 55.3 Å². The van der Waals surface area contributed by atoms with Crippen LogP contribution in [0.5, 0.6) is 0 Å². The average Bonchev–Trinajstić information content (AvgIpc) is 2.97. The summed E-state index contributed by atoms with van der Waals surface area (Å²) in [6.07, 6.45) is 4.70. The lowest BCUT2D eigenvalue weighted by Gasteiger charge is -2.34. The normalized spacial score (nSPS) is 13.2. The molecular weight excluding hydrogens is 500 g/mol. The van der Waals surface area contributed by atoms with Crippen LogP contribution < -0.4 is 10.6 Å². The Labute approximate surface area is 238 Å². The minimum absolute atomic E-state index is 0.159. The highest BCUT2D eigenvalue weighted by atomic mass is 16.2. The third-order valence-electron chi connectivity index (χ3n) is 7.54. The third-order valence-corrected chi connectivity index (χ3v) is 7.54. The van der Waals surface area contributed by atoms with Gasteiger partial charge in [0.15, 0.2) is 0 Å². The van der Waals surface area contributed by atoms with E-state index < -0.39 is 12.1 Å². The number of nitrogens with one attached hydrogen (secondary N) is 2. The fourth-order valence-electron chi connectivity index (χ4n) is 4.60. The van der Waals surface area contributed by atoms with Crippen LogP contribution in [0.1, 0.15) is 31.4 Å². The highest BCUT2D eigenvalue weighted by Crippen LogP contribution is 2.20. The van der Waals surface area contributed by atoms with Gasteiger partial charge < -0.3 is 20.4 Å². The second-order valence-corrected chi connectivity index (χ2v) is 10.9. The molecule has 0 aliphatic rings. The first-order valence-electron chi connectivity index (χ1n) is 13.7. The Morgan fingerprint density at radius 2 is 1.43 bits per heavy atom. The van der Waals surface area contributed by atoms with Crippen molar-refractivity contribution in [3.8, 4) is 0 Å². The molecule has 3 aromatic rings. The molecule has 212 valence electrons. The molecule has 0 aliphatic carbocycles. The zero-order valence-electron chi connectivity index (χ0n) is 24.5. The van der Waals surface area contributed by atoms with E-state index in [4.69, 9.17) is 0 Å². The number of rotatable bonds is 12. The maximum absolute atomic E-state index is 14.1. The molecule has 0 saturated heterocycles. The molecular formula is C33H42N4O3. The standard InChI is InChI=1S/C33H42N4O3/c1-33(2,35-4)20-12-17-30(38)36(5)29(23-25-18-19-26-15-10-11-16-27(26)21-25)32(40)37(6)28(31(39)34-3)22-24-13-8-7-9-14-24/h7-19,21,28-29,35H,20,22-23H2,1-6H3,(H,34,39)/t28-,29-/m1/s1. The second kappa shape index (κ2) is 13.9. The Hall–Kier alpha value is -3.97. The number of benzene rings is 3. The van der Waals surface area contributed by atoms with Crippen LogP contribution in [0.3, 0.4) is 0 Å². The second-order valence-electron chi connectivity index (χ2n) is 10.9. The molecule has 0 bridgehead atoms. The van der Waals surface area contributed by atoms with Gasteiger partial charge in [-0.3, -0.25) is 14.4 Å². The largest absolute Gasteiger partial charge is 0.357 e. The number of nitrogens with zero attached hydrogens (tertiary/aromatic N) is 2. The molecule has 2 atom stereocenters. The van der Waals surface area contributed by atoms with Crippen molar-refractivity contribution in [1.82, 2.24) is 20.4 Å². The molecule has 0 spiro atoms. The molecule has 0 saturated carbocycles. The molecule has 7 nitrogen and oxygen atoms in total. The van der Waals surface area contributed by atoms with Crippen LogP contribution in [-0.4, -0.2) is 73.3 Å². The van der Waals surface area contributed by atoms with Crippen molar-refractivity contribution in [3.05, 3.63) is 96.1 Å². The molecule has 3 aromatic carbocycles. The van der Waals surface area contributed by atoms with Crippen LogP contribution in [-0.2, 0) is 27.2 Å². The van der Waals surface area contributed by atoms with E-state index in [-0.39, 0.29) is 23.3 Å². The van der Waals surface area contributed by atoms with Crippen LogP contribution in [0.15, 0.2) is 84.9 Å².